The molecule has 1 saturated heterocycles. The van der Waals surface area contributed by atoms with Crippen molar-refractivity contribution in [2.45, 2.75) is 64.1 Å². The molecule has 2 atom stereocenters. The van der Waals surface area contributed by atoms with Gasteiger partial charge in [-0.15, -0.1) is 0 Å². The molecule has 0 bridgehead atoms. The van der Waals surface area contributed by atoms with E-state index < -0.39 is 34.8 Å². The van der Waals surface area contributed by atoms with E-state index in [1.165, 1.54) is 25.4 Å². The van der Waals surface area contributed by atoms with Crippen LogP contribution in [0.15, 0.2) is 59.5 Å². The van der Waals surface area contributed by atoms with Crippen molar-refractivity contribution in [2.24, 2.45) is 11.8 Å². The van der Waals surface area contributed by atoms with Gasteiger partial charge >= 0.3 is 5.97 Å². The Labute approximate surface area is 283 Å². The van der Waals surface area contributed by atoms with E-state index in [0.29, 0.717) is 73.9 Å². The maximum atomic E-state index is 15.6. The van der Waals surface area contributed by atoms with Crippen LogP contribution in [0.5, 0.6) is 0 Å². The number of halogens is 3. The second-order valence-corrected chi connectivity index (χ2v) is 13.6. The highest BCUT2D eigenvalue weighted by Crippen LogP contribution is 2.38. The second kappa shape index (κ2) is 14.2. The summed E-state index contributed by atoms with van der Waals surface area (Å²) in [6.07, 6.45) is 4.30. The van der Waals surface area contributed by atoms with E-state index in [1.54, 1.807) is 24.3 Å². The monoisotopic (exact) mass is 674 g/mol. The number of pyridine rings is 2. The van der Waals surface area contributed by atoms with Gasteiger partial charge in [-0.3, -0.25) is 14.4 Å². The van der Waals surface area contributed by atoms with E-state index in [4.69, 9.17) is 4.74 Å². The van der Waals surface area contributed by atoms with Crippen LogP contribution in [0.25, 0.3) is 22.0 Å². The Morgan fingerprint density at radius 2 is 1.80 bits per heavy atom. The molecule has 2 aromatic carbocycles. The number of likely N-dealkylation sites (tertiary alicyclic amines) is 1. The summed E-state index contributed by atoms with van der Waals surface area (Å²) in [7, 11) is 1.40. The number of aromatic amines is 1. The molecule has 1 unspecified atom stereocenters. The highest BCUT2D eigenvalue weighted by molar-refractivity contribution is 5.98. The lowest BCUT2D eigenvalue weighted by molar-refractivity contribution is -0.147. The molecule has 2 aliphatic rings. The van der Waals surface area contributed by atoms with Crippen LogP contribution in [0.2, 0.25) is 0 Å². The number of rotatable bonds is 9. The summed E-state index contributed by atoms with van der Waals surface area (Å²) >= 11 is 0. The molecule has 11 heteroatoms. The van der Waals surface area contributed by atoms with E-state index in [-0.39, 0.29) is 35.3 Å². The van der Waals surface area contributed by atoms with Crippen LogP contribution in [0.4, 0.5) is 13.2 Å². The third-order valence-corrected chi connectivity index (χ3v) is 10.3. The van der Waals surface area contributed by atoms with Gasteiger partial charge in [0.25, 0.3) is 11.5 Å². The molecular formula is C38H41F3N4O4. The lowest BCUT2D eigenvalue weighted by Gasteiger charge is -2.34. The first kappa shape index (κ1) is 34.4. The minimum Gasteiger partial charge on any atom is -0.469 e. The number of esters is 1. The van der Waals surface area contributed by atoms with Crippen LogP contribution >= 0.6 is 0 Å². The number of aromatic nitrogens is 2. The molecule has 0 spiro atoms. The van der Waals surface area contributed by atoms with Gasteiger partial charge in [-0.25, -0.2) is 18.2 Å². The Morgan fingerprint density at radius 1 is 1.06 bits per heavy atom. The Bertz CT molecular complexity index is 1920. The van der Waals surface area contributed by atoms with Crippen LogP contribution in [0.1, 0.15) is 72.8 Å². The zero-order valence-corrected chi connectivity index (χ0v) is 28.0. The summed E-state index contributed by atoms with van der Waals surface area (Å²) < 4.78 is 49.9. The molecule has 8 nitrogen and oxygen atoms in total. The normalized spacial score (nSPS) is 19.1. The quantitative estimate of drug-likeness (QED) is 0.198. The van der Waals surface area contributed by atoms with Crippen molar-refractivity contribution < 1.29 is 27.5 Å². The number of ether oxygens (including phenoxy) is 1. The van der Waals surface area contributed by atoms with E-state index >= 15 is 8.78 Å². The van der Waals surface area contributed by atoms with Gasteiger partial charge in [0.1, 0.15) is 17.0 Å². The van der Waals surface area contributed by atoms with Crippen molar-refractivity contribution in [3.8, 4) is 11.1 Å². The molecule has 0 radical (unpaired) electrons. The first-order chi connectivity index (χ1) is 23.4. The summed E-state index contributed by atoms with van der Waals surface area (Å²) in [6, 6.07) is 12.5. The SMILES string of the molecule is COC(=O)C1CCN(CC[C@@H](NC(=O)c2cc(F)c3nc4c(cc3c2)CC(F)(C(C)C)CC4)c2ccc(-c3c[nH]c(=O)c(F)c3)cc2)CC1. The summed E-state index contributed by atoms with van der Waals surface area (Å²) in [5.74, 6) is -2.47. The number of nitrogens with zero attached hydrogens (tertiary/aromatic N) is 2. The number of carbonyl (C=O) groups excluding carboxylic acids is 2. The van der Waals surface area contributed by atoms with E-state index in [0.717, 1.165) is 11.1 Å². The van der Waals surface area contributed by atoms with Crippen LogP contribution in [0, 0.1) is 23.5 Å². The maximum Gasteiger partial charge on any atom is 0.308 e. The first-order valence-electron chi connectivity index (χ1n) is 16.8. The Balaban J connectivity index is 1.24. The standard InChI is InChI=1S/C38H41F3N4O4/c1-22(2)38(41)12-8-32-28(20-38)17-26-16-27(18-30(39)34(26)43-32)35(46)44-33(11-15-45-13-9-25(10-14-45)37(48)49-3)24-6-4-23(5-7-24)29-19-31(40)36(47)42-21-29/h4-7,16-19,21-22,25,33H,8-15,20H2,1-3H3,(H,42,47)(H,44,46)/t33-,38?/m1/s1. The predicted molar refractivity (Wildman–Crippen MR) is 181 cm³/mol. The lowest BCUT2D eigenvalue weighted by atomic mass is 9.77. The van der Waals surface area contributed by atoms with Crippen LogP contribution in [0.3, 0.4) is 0 Å². The Kier molecular flexibility index (Phi) is 9.92. The molecule has 49 heavy (non-hydrogen) atoms. The summed E-state index contributed by atoms with van der Waals surface area (Å²) in [5.41, 5.74) is 1.52. The number of hydrogen-bond acceptors (Lipinski definition) is 6. The number of fused-ring (bicyclic) bond motifs is 2. The van der Waals surface area contributed by atoms with Crippen molar-refractivity contribution in [3.05, 3.63) is 99.1 Å². The lowest BCUT2D eigenvalue weighted by Crippen LogP contribution is -2.39. The molecule has 3 heterocycles. The number of amides is 1. The van der Waals surface area contributed by atoms with Gasteiger partial charge in [-0.2, -0.15) is 0 Å². The number of benzene rings is 2. The summed E-state index contributed by atoms with van der Waals surface area (Å²) in [4.78, 5) is 46.4. The van der Waals surface area contributed by atoms with Gasteiger partial charge in [-0.1, -0.05) is 38.1 Å². The zero-order valence-electron chi connectivity index (χ0n) is 28.0. The molecule has 2 aromatic heterocycles. The molecule has 1 fully saturated rings. The molecule has 4 aromatic rings. The smallest absolute Gasteiger partial charge is 0.308 e. The number of carbonyl (C=O) groups is 2. The largest absolute Gasteiger partial charge is 0.469 e. The van der Waals surface area contributed by atoms with Gasteiger partial charge in [0.15, 0.2) is 5.82 Å². The molecule has 258 valence electrons. The van der Waals surface area contributed by atoms with Crippen molar-refractivity contribution in [2.75, 3.05) is 26.7 Å². The highest BCUT2D eigenvalue weighted by Gasteiger charge is 2.38. The Hall–Kier alpha value is -4.51. The average Bonchev–Trinajstić information content (AvgIpc) is 3.10. The number of nitrogens with one attached hydrogen (secondary N) is 2. The van der Waals surface area contributed by atoms with Gasteiger partial charge < -0.3 is 19.9 Å². The average molecular weight is 675 g/mol. The molecule has 1 aliphatic heterocycles. The van der Waals surface area contributed by atoms with Crippen molar-refractivity contribution >= 4 is 22.8 Å². The van der Waals surface area contributed by atoms with E-state index in [2.05, 4.69) is 20.2 Å². The molecule has 6 rings (SSSR count). The maximum absolute atomic E-state index is 15.6. The highest BCUT2D eigenvalue weighted by atomic mass is 19.1. The van der Waals surface area contributed by atoms with Crippen LogP contribution in [-0.2, 0) is 22.4 Å². The van der Waals surface area contributed by atoms with Gasteiger partial charge in [-0.05, 0) is 92.1 Å². The van der Waals surface area contributed by atoms with Crippen LogP contribution < -0.4 is 10.9 Å². The number of aryl methyl sites for hydroxylation is 1. The summed E-state index contributed by atoms with van der Waals surface area (Å²) in [6.45, 7) is 5.77. The fourth-order valence-electron chi connectivity index (χ4n) is 7.02. The van der Waals surface area contributed by atoms with Gasteiger partial charge in [0.05, 0.1) is 19.1 Å². The van der Waals surface area contributed by atoms with Crippen LogP contribution in [-0.4, -0.2) is 59.2 Å². The second-order valence-electron chi connectivity index (χ2n) is 13.6. The molecule has 2 N–H and O–H groups in total. The van der Waals surface area contributed by atoms with Crippen molar-refractivity contribution in [3.63, 3.8) is 0 Å². The minimum absolute atomic E-state index is 0.127. The Morgan fingerprint density at radius 3 is 2.47 bits per heavy atom. The molecular weight excluding hydrogens is 633 g/mol. The van der Waals surface area contributed by atoms with Crippen molar-refractivity contribution in [1.82, 2.24) is 20.2 Å². The van der Waals surface area contributed by atoms with Gasteiger partial charge in [0.2, 0.25) is 0 Å². The fraction of sp³-hybridized carbons (Fsp3) is 0.421. The molecule has 1 amide bonds. The minimum atomic E-state index is -1.36. The van der Waals surface area contributed by atoms with E-state index in [9.17, 15) is 18.8 Å². The third-order valence-electron chi connectivity index (χ3n) is 10.3. The topological polar surface area (TPSA) is 104 Å². The number of hydrogen-bond donors (Lipinski definition) is 2. The zero-order chi connectivity index (χ0) is 34.9. The number of alkyl halides is 1. The predicted octanol–water partition coefficient (Wildman–Crippen LogP) is 6.47. The molecule has 1 aliphatic carbocycles. The molecule has 0 saturated carbocycles. The van der Waals surface area contributed by atoms with Gasteiger partial charge in [0, 0.05) is 41.4 Å². The number of methoxy groups -OCH3 is 1. The fourth-order valence-corrected chi connectivity index (χ4v) is 7.02. The third kappa shape index (κ3) is 7.41. The van der Waals surface area contributed by atoms with E-state index in [1.807, 2.05) is 26.0 Å². The first-order valence-corrected chi connectivity index (χ1v) is 16.8. The number of H-pyrrole nitrogens is 1. The van der Waals surface area contributed by atoms with Crippen molar-refractivity contribution in [1.29, 1.82) is 0 Å². The number of piperidine rings is 1. The summed E-state index contributed by atoms with van der Waals surface area (Å²) in [5, 5.41) is 3.53.